The summed E-state index contributed by atoms with van der Waals surface area (Å²) in [5, 5.41) is 9.07. The van der Waals surface area contributed by atoms with Gasteiger partial charge in [0.15, 0.2) is 0 Å². The van der Waals surface area contributed by atoms with Crippen LogP contribution in [-0.2, 0) is 6.42 Å². The van der Waals surface area contributed by atoms with E-state index in [1.54, 1.807) is 12.3 Å². The van der Waals surface area contributed by atoms with Gasteiger partial charge in [-0.15, -0.1) is 0 Å². The summed E-state index contributed by atoms with van der Waals surface area (Å²) >= 11 is 0. The largest absolute Gasteiger partial charge is 0.371 e. The van der Waals surface area contributed by atoms with Crippen LogP contribution >= 0.6 is 0 Å². The molecule has 0 aromatic carbocycles. The van der Waals surface area contributed by atoms with Gasteiger partial charge in [-0.1, -0.05) is 45.6 Å². The van der Waals surface area contributed by atoms with Crippen molar-refractivity contribution in [2.75, 3.05) is 13.1 Å². The molecule has 1 aromatic heterocycles. The Bertz CT molecular complexity index is 706. The highest BCUT2D eigenvalue weighted by Crippen LogP contribution is 2.26. The van der Waals surface area contributed by atoms with E-state index in [1.807, 2.05) is 6.07 Å². The minimum Gasteiger partial charge on any atom is -0.371 e. The second kappa shape index (κ2) is 9.97. The van der Waals surface area contributed by atoms with Crippen LogP contribution in [0.5, 0.6) is 0 Å². The first-order valence-corrected chi connectivity index (χ1v) is 9.71. The summed E-state index contributed by atoms with van der Waals surface area (Å²) in [6.45, 7) is 13.0. The van der Waals surface area contributed by atoms with Crippen LogP contribution in [0.4, 0.5) is 0 Å². The lowest BCUT2D eigenvalue weighted by atomic mass is 9.92. The van der Waals surface area contributed by atoms with E-state index in [-0.39, 0.29) is 0 Å². The molecule has 0 spiro atoms. The molecule has 1 unspecified atom stereocenters. The third-order valence-electron chi connectivity index (χ3n) is 4.76. The molecular weight excluding hydrogens is 318 g/mol. The number of nitrogens with zero attached hydrogens (tertiary/aromatic N) is 3. The van der Waals surface area contributed by atoms with E-state index in [9.17, 15) is 0 Å². The molecule has 1 aliphatic heterocycles. The van der Waals surface area contributed by atoms with Crippen molar-refractivity contribution in [1.82, 2.24) is 9.88 Å². The fourth-order valence-electron chi connectivity index (χ4n) is 3.41. The quantitative estimate of drug-likeness (QED) is 0.630. The Balaban J connectivity index is 2.05. The van der Waals surface area contributed by atoms with E-state index < -0.39 is 0 Å². The number of nitriles is 1. The molecule has 2 rings (SSSR count). The molecule has 0 amide bonds. The van der Waals surface area contributed by atoms with Crippen LogP contribution in [0.3, 0.4) is 0 Å². The normalized spacial score (nSPS) is 18.3. The summed E-state index contributed by atoms with van der Waals surface area (Å²) < 4.78 is 0. The molecule has 1 saturated heterocycles. The molecule has 3 nitrogen and oxygen atoms in total. The lowest BCUT2D eigenvalue weighted by Gasteiger charge is -2.36. The van der Waals surface area contributed by atoms with E-state index in [4.69, 9.17) is 5.26 Å². The zero-order valence-corrected chi connectivity index (χ0v) is 16.4. The van der Waals surface area contributed by atoms with E-state index in [0.717, 1.165) is 37.3 Å². The van der Waals surface area contributed by atoms with Gasteiger partial charge in [0.05, 0.1) is 11.6 Å². The van der Waals surface area contributed by atoms with Crippen molar-refractivity contribution in [3.05, 3.63) is 65.7 Å². The van der Waals surface area contributed by atoms with Crippen molar-refractivity contribution in [3.8, 4) is 6.07 Å². The number of piperidine rings is 1. The lowest BCUT2D eigenvalue weighted by molar-refractivity contribution is 0.220. The van der Waals surface area contributed by atoms with Crippen LogP contribution in [0.25, 0.3) is 0 Å². The molecule has 2 heterocycles. The Hall–Kier alpha value is -2.34. The molecule has 26 heavy (non-hydrogen) atoms. The Labute approximate surface area is 158 Å². The molecule has 0 bridgehead atoms. The number of hydrogen-bond acceptors (Lipinski definition) is 3. The molecule has 0 radical (unpaired) electrons. The monoisotopic (exact) mass is 349 g/mol. The van der Waals surface area contributed by atoms with Crippen LogP contribution in [-0.4, -0.2) is 23.0 Å². The first kappa shape index (κ1) is 20.0. The molecule has 3 heteroatoms. The minimum atomic E-state index is 0.538. The molecule has 1 fully saturated rings. The summed E-state index contributed by atoms with van der Waals surface area (Å²) in [4.78, 5) is 6.88. The van der Waals surface area contributed by atoms with E-state index >= 15 is 0 Å². The molecule has 138 valence electrons. The summed E-state index contributed by atoms with van der Waals surface area (Å²) in [7, 11) is 0. The smallest absolute Gasteiger partial charge is 0.0992 e. The van der Waals surface area contributed by atoms with E-state index in [0.29, 0.717) is 17.4 Å². The maximum Gasteiger partial charge on any atom is 0.0992 e. The van der Waals surface area contributed by atoms with Crippen molar-refractivity contribution >= 4 is 0 Å². The summed E-state index contributed by atoms with van der Waals surface area (Å²) in [6.07, 6.45) is 12.8. The average Bonchev–Trinajstić information content (AvgIpc) is 2.65. The van der Waals surface area contributed by atoms with Gasteiger partial charge in [0.1, 0.15) is 0 Å². The molecule has 1 atom stereocenters. The van der Waals surface area contributed by atoms with E-state index in [1.165, 1.54) is 18.4 Å². The van der Waals surface area contributed by atoms with Crippen LogP contribution < -0.4 is 0 Å². The van der Waals surface area contributed by atoms with Gasteiger partial charge < -0.3 is 4.90 Å². The molecule has 0 saturated carbocycles. The van der Waals surface area contributed by atoms with Crippen LogP contribution in [0, 0.1) is 23.2 Å². The highest BCUT2D eigenvalue weighted by Gasteiger charge is 2.22. The lowest BCUT2D eigenvalue weighted by Crippen LogP contribution is -2.35. The number of rotatable bonds is 7. The van der Waals surface area contributed by atoms with Crippen molar-refractivity contribution in [3.63, 3.8) is 0 Å². The SMILES string of the molecule is C=C(C(/C=C\C(C)C)=C/CC)N1CCCC(Cc2cc(C#N)ccn2)C1. The van der Waals surface area contributed by atoms with Gasteiger partial charge >= 0.3 is 0 Å². The average molecular weight is 350 g/mol. The second-order valence-corrected chi connectivity index (χ2v) is 7.42. The maximum atomic E-state index is 9.07. The standard InChI is InChI=1S/C23H31N3/c1-5-7-22(10-9-18(2)3)19(4)26-13-6-8-21(17-26)15-23-14-20(16-24)11-12-25-23/h7,9-12,14,18,21H,4-6,8,13,15,17H2,1-3H3/b10-9-,22-7+. The molecule has 0 aliphatic carbocycles. The molecule has 1 aromatic rings. The first-order chi connectivity index (χ1) is 12.5. The Morgan fingerprint density at radius 3 is 3.00 bits per heavy atom. The van der Waals surface area contributed by atoms with Gasteiger partial charge in [-0.3, -0.25) is 4.98 Å². The summed E-state index contributed by atoms with van der Waals surface area (Å²) in [6, 6.07) is 5.89. The van der Waals surface area contributed by atoms with Gasteiger partial charge in [0, 0.05) is 30.7 Å². The molecular formula is C23H31N3. The Morgan fingerprint density at radius 2 is 2.31 bits per heavy atom. The van der Waals surface area contributed by atoms with E-state index in [2.05, 4.69) is 61.5 Å². The van der Waals surface area contributed by atoms with Gasteiger partial charge in [-0.05, 0) is 55.2 Å². The van der Waals surface area contributed by atoms with Crippen molar-refractivity contribution < 1.29 is 0 Å². The summed E-state index contributed by atoms with van der Waals surface area (Å²) in [5.74, 6) is 1.09. The minimum absolute atomic E-state index is 0.538. The number of hydrogen-bond donors (Lipinski definition) is 0. The second-order valence-electron chi connectivity index (χ2n) is 7.42. The van der Waals surface area contributed by atoms with Crippen LogP contribution in [0.15, 0.2) is 54.4 Å². The maximum absolute atomic E-state index is 9.07. The number of aromatic nitrogens is 1. The third kappa shape index (κ3) is 5.88. The molecule has 0 N–H and O–H groups in total. The van der Waals surface area contributed by atoms with Crippen LogP contribution in [0.1, 0.15) is 51.3 Å². The van der Waals surface area contributed by atoms with Gasteiger partial charge in [0.2, 0.25) is 0 Å². The first-order valence-electron chi connectivity index (χ1n) is 9.71. The Kier molecular flexibility index (Phi) is 7.66. The predicted octanol–water partition coefficient (Wildman–Crippen LogP) is 5.27. The van der Waals surface area contributed by atoms with Gasteiger partial charge in [0.25, 0.3) is 0 Å². The van der Waals surface area contributed by atoms with Crippen molar-refractivity contribution in [2.24, 2.45) is 11.8 Å². The van der Waals surface area contributed by atoms with Gasteiger partial charge in [-0.25, -0.2) is 0 Å². The fourth-order valence-corrected chi connectivity index (χ4v) is 3.41. The summed E-state index contributed by atoms with van der Waals surface area (Å²) in [5.41, 5.74) is 4.09. The zero-order chi connectivity index (χ0) is 18.9. The Morgan fingerprint density at radius 1 is 1.50 bits per heavy atom. The number of allylic oxidation sites excluding steroid dienone is 3. The highest BCUT2D eigenvalue weighted by atomic mass is 15.1. The number of likely N-dealkylation sites (tertiary alicyclic amines) is 1. The zero-order valence-electron chi connectivity index (χ0n) is 16.4. The predicted molar refractivity (Wildman–Crippen MR) is 108 cm³/mol. The van der Waals surface area contributed by atoms with Gasteiger partial charge in [-0.2, -0.15) is 5.26 Å². The topological polar surface area (TPSA) is 39.9 Å². The highest BCUT2D eigenvalue weighted by molar-refractivity contribution is 5.37. The van der Waals surface area contributed by atoms with Crippen molar-refractivity contribution in [2.45, 2.75) is 46.5 Å². The van der Waals surface area contributed by atoms with Crippen LogP contribution in [0.2, 0.25) is 0 Å². The third-order valence-corrected chi connectivity index (χ3v) is 4.76. The van der Waals surface area contributed by atoms with Crippen molar-refractivity contribution in [1.29, 1.82) is 5.26 Å². The fraction of sp³-hybridized carbons (Fsp3) is 0.478. The number of pyridine rings is 1. The molecule has 1 aliphatic rings.